The molecule has 2 rings (SSSR count). The number of nitrogens with zero attached hydrogens (tertiary/aromatic N) is 1. The molecule has 7 nitrogen and oxygen atoms in total. The molecule has 0 saturated heterocycles. The Bertz CT molecular complexity index is 1010. The number of carbonyl (C=O) groups is 2. The molecule has 0 aromatic heterocycles. The van der Waals surface area contributed by atoms with Crippen LogP contribution < -0.4 is 5.32 Å². The van der Waals surface area contributed by atoms with Crippen LogP contribution in [-0.4, -0.2) is 44.2 Å². The third-order valence-electron chi connectivity index (χ3n) is 4.26. The fourth-order valence-corrected chi connectivity index (χ4v) is 4.51. The predicted octanol–water partition coefficient (Wildman–Crippen LogP) is 3.50. The van der Waals surface area contributed by atoms with E-state index in [4.69, 9.17) is 27.9 Å². The van der Waals surface area contributed by atoms with Crippen molar-refractivity contribution >= 4 is 45.1 Å². The van der Waals surface area contributed by atoms with Gasteiger partial charge in [0.05, 0.1) is 4.90 Å². The maximum atomic E-state index is 12.5. The number of nitrogens with one attached hydrogen (secondary N) is 1. The molecule has 0 atom stereocenters. The Kier molecular flexibility index (Phi) is 8.66. The van der Waals surface area contributed by atoms with Gasteiger partial charge in [0.2, 0.25) is 10.0 Å². The average molecular weight is 473 g/mol. The maximum absolute atomic E-state index is 12.5. The number of esters is 1. The second-order valence-corrected chi connectivity index (χ2v) is 8.97. The Morgan fingerprint density at radius 1 is 1.03 bits per heavy atom. The first kappa shape index (κ1) is 24.1. The lowest BCUT2D eigenvalue weighted by atomic mass is 10.2. The number of hydrogen-bond acceptors (Lipinski definition) is 5. The smallest absolute Gasteiger partial charge is 0.325 e. The van der Waals surface area contributed by atoms with Gasteiger partial charge in [0.15, 0.2) is 0 Å². The predicted molar refractivity (Wildman–Crippen MR) is 115 cm³/mol. The van der Waals surface area contributed by atoms with E-state index in [1.54, 1.807) is 26.0 Å². The molecular weight excluding hydrogens is 451 g/mol. The lowest BCUT2D eigenvalue weighted by Gasteiger charge is -2.18. The summed E-state index contributed by atoms with van der Waals surface area (Å²) >= 11 is 11.8. The van der Waals surface area contributed by atoms with Crippen molar-refractivity contribution in [2.24, 2.45) is 0 Å². The molecule has 0 fully saturated rings. The highest BCUT2D eigenvalue weighted by atomic mass is 35.5. The molecule has 0 aliphatic carbocycles. The quantitative estimate of drug-likeness (QED) is 0.563. The summed E-state index contributed by atoms with van der Waals surface area (Å²) in [6, 6.07) is 10.3. The summed E-state index contributed by atoms with van der Waals surface area (Å²) < 4.78 is 31.3. The van der Waals surface area contributed by atoms with Crippen molar-refractivity contribution < 1.29 is 22.7 Å². The molecule has 10 heteroatoms. The van der Waals surface area contributed by atoms with Crippen LogP contribution in [0.5, 0.6) is 0 Å². The number of carbonyl (C=O) groups excluding carboxylic acids is 2. The van der Waals surface area contributed by atoms with Crippen molar-refractivity contribution in [3.8, 4) is 0 Å². The number of rotatable bonds is 9. The van der Waals surface area contributed by atoms with Crippen molar-refractivity contribution in [1.82, 2.24) is 9.62 Å². The lowest BCUT2D eigenvalue weighted by molar-refractivity contribution is -0.143. The van der Waals surface area contributed by atoms with Gasteiger partial charge < -0.3 is 10.1 Å². The normalized spacial score (nSPS) is 11.4. The van der Waals surface area contributed by atoms with Gasteiger partial charge in [0.25, 0.3) is 5.91 Å². The largest absolute Gasteiger partial charge is 0.459 e. The van der Waals surface area contributed by atoms with Gasteiger partial charge in [-0.05, 0) is 36.4 Å². The maximum Gasteiger partial charge on any atom is 0.325 e. The van der Waals surface area contributed by atoms with E-state index >= 15 is 0 Å². The minimum Gasteiger partial charge on any atom is -0.459 e. The highest BCUT2D eigenvalue weighted by Gasteiger charge is 2.21. The summed E-state index contributed by atoms with van der Waals surface area (Å²) in [5, 5.41) is 3.28. The number of sulfonamides is 1. The van der Waals surface area contributed by atoms with Gasteiger partial charge in [-0.3, -0.25) is 9.59 Å². The van der Waals surface area contributed by atoms with Crippen molar-refractivity contribution in [1.29, 1.82) is 0 Å². The standard InChI is InChI=1S/C20H22Cl2N2O5S/c1-3-24(4-2)30(27,28)17-9-6-14(7-10-17)20(26)23-12-19(25)29-13-15-5-8-16(21)11-18(15)22/h5-11H,3-4,12-13H2,1-2H3,(H,23,26). The molecule has 0 spiro atoms. The molecule has 0 bridgehead atoms. The Balaban J connectivity index is 1.91. The van der Waals surface area contributed by atoms with Crippen molar-refractivity contribution in [3.63, 3.8) is 0 Å². The van der Waals surface area contributed by atoms with Gasteiger partial charge in [-0.2, -0.15) is 4.31 Å². The second kappa shape index (κ2) is 10.8. The molecule has 0 saturated carbocycles. The second-order valence-electron chi connectivity index (χ2n) is 6.19. The molecule has 1 N–H and O–H groups in total. The van der Waals surface area contributed by atoms with E-state index < -0.39 is 21.9 Å². The van der Waals surface area contributed by atoms with E-state index in [9.17, 15) is 18.0 Å². The van der Waals surface area contributed by atoms with Gasteiger partial charge in [-0.15, -0.1) is 0 Å². The van der Waals surface area contributed by atoms with Gasteiger partial charge >= 0.3 is 5.97 Å². The molecule has 0 heterocycles. The highest BCUT2D eigenvalue weighted by Crippen LogP contribution is 2.21. The first-order chi connectivity index (χ1) is 14.2. The summed E-state index contributed by atoms with van der Waals surface area (Å²) in [5.41, 5.74) is 0.813. The third kappa shape index (κ3) is 6.18. The molecule has 30 heavy (non-hydrogen) atoms. The van der Waals surface area contributed by atoms with Gasteiger partial charge in [0, 0.05) is 34.3 Å². The summed E-state index contributed by atoms with van der Waals surface area (Å²) in [7, 11) is -3.60. The molecule has 0 radical (unpaired) electrons. The third-order valence-corrected chi connectivity index (χ3v) is 6.91. The Labute approximate surface area is 186 Å². The Morgan fingerprint density at radius 3 is 2.23 bits per heavy atom. The van der Waals surface area contributed by atoms with Crippen LogP contribution in [0.15, 0.2) is 47.4 Å². The monoisotopic (exact) mass is 472 g/mol. The van der Waals surface area contributed by atoms with Crippen LogP contribution in [0.2, 0.25) is 10.0 Å². The molecule has 0 aliphatic rings. The van der Waals surface area contributed by atoms with Gasteiger partial charge in [-0.25, -0.2) is 8.42 Å². The molecular formula is C20H22Cl2N2O5S. The van der Waals surface area contributed by atoms with Crippen LogP contribution >= 0.6 is 23.2 Å². The van der Waals surface area contributed by atoms with E-state index in [2.05, 4.69) is 5.32 Å². The Morgan fingerprint density at radius 2 is 1.67 bits per heavy atom. The first-order valence-corrected chi connectivity index (χ1v) is 11.4. The van der Waals surface area contributed by atoms with Crippen LogP contribution in [0, 0.1) is 0 Å². The number of halogens is 2. The van der Waals surface area contributed by atoms with E-state index in [0.717, 1.165) is 0 Å². The van der Waals surface area contributed by atoms with Crippen LogP contribution in [0.1, 0.15) is 29.8 Å². The average Bonchev–Trinajstić information content (AvgIpc) is 2.72. The number of hydrogen-bond donors (Lipinski definition) is 1. The number of benzene rings is 2. The summed E-state index contributed by atoms with van der Waals surface area (Å²) in [5.74, 6) is -1.17. The zero-order chi connectivity index (χ0) is 22.3. The summed E-state index contributed by atoms with van der Waals surface area (Å²) in [4.78, 5) is 24.2. The molecule has 0 aliphatic heterocycles. The number of ether oxygens (including phenoxy) is 1. The zero-order valence-corrected chi connectivity index (χ0v) is 18.9. The van der Waals surface area contributed by atoms with Gasteiger partial charge in [-0.1, -0.05) is 43.1 Å². The Hall–Kier alpha value is -2.13. The van der Waals surface area contributed by atoms with Crippen LogP contribution in [0.3, 0.4) is 0 Å². The summed E-state index contributed by atoms with van der Waals surface area (Å²) in [6.45, 7) is 3.81. The van der Waals surface area contributed by atoms with E-state index in [-0.39, 0.29) is 23.6 Å². The highest BCUT2D eigenvalue weighted by molar-refractivity contribution is 7.89. The van der Waals surface area contributed by atoms with Crippen LogP contribution in [0.4, 0.5) is 0 Å². The number of amides is 1. The first-order valence-electron chi connectivity index (χ1n) is 9.17. The molecule has 162 valence electrons. The molecule has 1 amide bonds. The van der Waals surface area contributed by atoms with E-state index in [0.29, 0.717) is 28.7 Å². The molecule has 2 aromatic rings. The van der Waals surface area contributed by atoms with Crippen molar-refractivity contribution in [3.05, 3.63) is 63.6 Å². The topological polar surface area (TPSA) is 92.8 Å². The van der Waals surface area contributed by atoms with E-state index in [1.807, 2.05) is 0 Å². The molecule has 2 aromatic carbocycles. The SMILES string of the molecule is CCN(CC)S(=O)(=O)c1ccc(C(=O)NCC(=O)OCc2ccc(Cl)cc2Cl)cc1. The fourth-order valence-electron chi connectivity index (χ4n) is 2.59. The minimum atomic E-state index is -3.60. The lowest BCUT2D eigenvalue weighted by Crippen LogP contribution is -2.31. The molecule has 0 unspecified atom stereocenters. The zero-order valence-electron chi connectivity index (χ0n) is 16.5. The van der Waals surface area contributed by atoms with Crippen molar-refractivity contribution in [2.75, 3.05) is 19.6 Å². The van der Waals surface area contributed by atoms with Gasteiger partial charge in [0.1, 0.15) is 13.2 Å². The summed E-state index contributed by atoms with van der Waals surface area (Å²) in [6.07, 6.45) is 0. The van der Waals surface area contributed by atoms with Crippen LogP contribution in [0.25, 0.3) is 0 Å². The van der Waals surface area contributed by atoms with Crippen LogP contribution in [-0.2, 0) is 26.2 Å². The van der Waals surface area contributed by atoms with Crippen molar-refractivity contribution in [2.45, 2.75) is 25.3 Å². The minimum absolute atomic E-state index is 0.0530. The fraction of sp³-hybridized carbons (Fsp3) is 0.300. The van der Waals surface area contributed by atoms with E-state index in [1.165, 1.54) is 34.6 Å².